The van der Waals surface area contributed by atoms with Gasteiger partial charge < -0.3 is 19.9 Å². The van der Waals surface area contributed by atoms with Gasteiger partial charge in [0.1, 0.15) is 0 Å². The molecule has 0 saturated carbocycles. The molecule has 0 aliphatic heterocycles. The van der Waals surface area contributed by atoms with Crippen LogP contribution in [0.2, 0.25) is 0 Å². The molecule has 2 N–H and O–H groups in total. The standard InChI is InChI=1S/C10H15N3O4/c1-16-6-7(17-2)5-12-10-11-4-3-8(13-10)9(14)15/h3-4,7H,5-6H2,1-2H3,(H,14,15)(H,11,12,13). The molecule has 0 aliphatic rings. The first kappa shape index (κ1) is 13.3. The lowest BCUT2D eigenvalue weighted by Crippen LogP contribution is -2.27. The van der Waals surface area contributed by atoms with Gasteiger partial charge in [-0.15, -0.1) is 0 Å². The molecule has 7 heteroatoms. The van der Waals surface area contributed by atoms with E-state index in [1.54, 1.807) is 14.2 Å². The van der Waals surface area contributed by atoms with Crippen LogP contribution in [0.1, 0.15) is 10.5 Å². The van der Waals surface area contributed by atoms with E-state index in [1.165, 1.54) is 12.3 Å². The summed E-state index contributed by atoms with van der Waals surface area (Å²) in [7, 11) is 3.15. The number of hydrogen-bond acceptors (Lipinski definition) is 6. The van der Waals surface area contributed by atoms with E-state index < -0.39 is 5.97 Å². The first-order valence-electron chi connectivity index (χ1n) is 4.99. The maximum atomic E-state index is 10.7. The number of nitrogens with zero attached hydrogens (tertiary/aromatic N) is 2. The maximum Gasteiger partial charge on any atom is 0.354 e. The largest absolute Gasteiger partial charge is 0.477 e. The van der Waals surface area contributed by atoms with E-state index in [0.29, 0.717) is 13.2 Å². The lowest BCUT2D eigenvalue weighted by molar-refractivity contribution is 0.0365. The molecule has 94 valence electrons. The van der Waals surface area contributed by atoms with Crippen LogP contribution in [0.15, 0.2) is 12.3 Å². The molecule has 0 aromatic carbocycles. The third-order valence-corrected chi connectivity index (χ3v) is 2.05. The second-order valence-electron chi connectivity index (χ2n) is 3.26. The highest BCUT2D eigenvalue weighted by atomic mass is 16.5. The second kappa shape index (κ2) is 6.77. The van der Waals surface area contributed by atoms with Crippen molar-refractivity contribution in [1.29, 1.82) is 0 Å². The zero-order valence-electron chi connectivity index (χ0n) is 9.71. The van der Waals surface area contributed by atoms with Crippen LogP contribution >= 0.6 is 0 Å². The number of anilines is 1. The number of ether oxygens (including phenoxy) is 2. The van der Waals surface area contributed by atoms with E-state index in [1.807, 2.05) is 0 Å². The molecule has 1 unspecified atom stereocenters. The number of rotatable bonds is 7. The summed E-state index contributed by atoms with van der Waals surface area (Å²) in [5.74, 6) is -0.835. The Morgan fingerprint density at radius 3 is 2.94 bits per heavy atom. The van der Waals surface area contributed by atoms with Gasteiger partial charge in [-0.2, -0.15) is 0 Å². The molecule has 1 rings (SSSR count). The minimum absolute atomic E-state index is 0.0526. The van der Waals surface area contributed by atoms with Gasteiger partial charge in [-0.1, -0.05) is 0 Å². The molecule has 0 amide bonds. The summed E-state index contributed by atoms with van der Waals surface area (Å²) in [5, 5.41) is 11.6. The zero-order chi connectivity index (χ0) is 12.7. The summed E-state index contributed by atoms with van der Waals surface area (Å²) in [5.41, 5.74) is -0.0526. The smallest absolute Gasteiger partial charge is 0.354 e. The Bertz CT molecular complexity index is 372. The molecular formula is C10H15N3O4. The molecule has 1 aromatic heterocycles. The van der Waals surface area contributed by atoms with E-state index in [0.717, 1.165) is 0 Å². The Kier molecular flexibility index (Phi) is 5.31. The molecule has 1 heterocycles. The fraction of sp³-hybridized carbons (Fsp3) is 0.500. The van der Waals surface area contributed by atoms with Gasteiger partial charge in [0.05, 0.1) is 12.7 Å². The number of methoxy groups -OCH3 is 2. The van der Waals surface area contributed by atoms with Gasteiger partial charge in [-0.25, -0.2) is 14.8 Å². The van der Waals surface area contributed by atoms with Gasteiger partial charge in [0.25, 0.3) is 0 Å². The molecule has 0 fully saturated rings. The average Bonchev–Trinajstić information content (AvgIpc) is 2.34. The Hall–Kier alpha value is -1.73. The van der Waals surface area contributed by atoms with Gasteiger partial charge in [-0.3, -0.25) is 0 Å². The summed E-state index contributed by atoms with van der Waals surface area (Å²) < 4.78 is 10.1. The average molecular weight is 241 g/mol. The van der Waals surface area contributed by atoms with E-state index >= 15 is 0 Å². The van der Waals surface area contributed by atoms with Crippen molar-refractivity contribution in [2.75, 3.05) is 32.7 Å². The number of carboxylic acid groups (broad SMARTS) is 1. The molecule has 1 aromatic rings. The van der Waals surface area contributed by atoms with Crippen LogP contribution in [-0.2, 0) is 9.47 Å². The summed E-state index contributed by atoms with van der Waals surface area (Å²) >= 11 is 0. The molecule has 17 heavy (non-hydrogen) atoms. The molecule has 0 bridgehead atoms. The molecule has 0 radical (unpaired) electrons. The summed E-state index contributed by atoms with van der Waals surface area (Å²) in [6, 6.07) is 1.33. The van der Waals surface area contributed by atoms with Crippen LogP contribution in [0, 0.1) is 0 Å². The van der Waals surface area contributed by atoms with Crippen molar-refractivity contribution in [2.24, 2.45) is 0 Å². The van der Waals surface area contributed by atoms with Gasteiger partial charge in [-0.05, 0) is 6.07 Å². The van der Waals surface area contributed by atoms with Gasteiger partial charge in [0, 0.05) is 27.0 Å². The fourth-order valence-corrected chi connectivity index (χ4v) is 1.16. The second-order valence-corrected chi connectivity index (χ2v) is 3.26. The van der Waals surface area contributed by atoms with Crippen molar-refractivity contribution < 1.29 is 19.4 Å². The van der Waals surface area contributed by atoms with Gasteiger partial charge >= 0.3 is 5.97 Å². The Balaban J connectivity index is 2.56. The zero-order valence-corrected chi connectivity index (χ0v) is 9.71. The SMILES string of the molecule is COCC(CNc1nccc(C(=O)O)n1)OC. The number of carboxylic acids is 1. The minimum atomic E-state index is -1.09. The Labute approximate surface area is 98.8 Å². The predicted molar refractivity (Wildman–Crippen MR) is 60.2 cm³/mol. The normalized spacial score (nSPS) is 12.1. The third kappa shape index (κ3) is 4.33. The monoisotopic (exact) mass is 241 g/mol. The van der Waals surface area contributed by atoms with Crippen molar-refractivity contribution in [2.45, 2.75) is 6.10 Å². The highest BCUT2D eigenvalue weighted by molar-refractivity contribution is 5.85. The molecule has 0 saturated heterocycles. The minimum Gasteiger partial charge on any atom is -0.477 e. The summed E-state index contributed by atoms with van der Waals surface area (Å²) in [4.78, 5) is 18.4. The van der Waals surface area contributed by atoms with Crippen molar-refractivity contribution in [1.82, 2.24) is 9.97 Å². The van der Waals surface area contributed by atoms with Crippen LogP contribution in [0.5, 0.6) is 0 Å². The maximum absolute atomic E-state index is 10.7. The van der Waals surface area contributed by atoms with Crippen LogP contribution in [-0.4, -0.2) is 54.5 Å². The lowest BCUT2D eigenvalue weighted by Gasteiger charge is -2.14. The van der Waals surface area contributed by atoms with E-state index in [-0.39, 0.29) is 17.7 Å². The fourth-order valence-electron chi connectivity index (χ4n) is 1.16. The summed E-state index contributed by atoms with van der Waals surface area (Å²) in [6.07, 6.45) is 1.24. The number of carbonyl (C=O) groups is 1. The van der Waals surface area contributed by atoms with Crippen molar-refractivity contribution in [3.63, 3.8) is 0 Å². The van der Waals surface area contributed by atoms with Gasteiger partial charge in [0.2, 0.25) is 5.95 Å². The number of aromatic nitrogens is 2. The molecule has 1 atom stereocenters. The van der Waals surface area contributed by atoms with Crippen molar-refractivity contribution in [3.05, 3.63) is 18.0 Å². The first-order valence-corrected chi connectivity index (χ1v) is 4.99. The van der Waals surface area contributed by atoms with Gasteiger partial charge in [0.15, 0.2) is 5.69 Å². The molecular weight excluding hydrogens is 226 g/mol. The third-order valence-electron chi connectivity index (χ3n) is 2.05. The number of hydrogen-bond donors (Lipinski definition) is 2. The lowest BCUT2D eigenvalue weighted by atomic mass is 10.4. The van der Waals surface area contributed by atoms with Crippen molar-refractivity contribution in [3.8, 4) is 0 Å². The first-order chi connectivity index (χ1) is 8.17. The highest BCUT2D eigenvalue weighted by Crippen LogP contribution is 2.01. The topological polar surface area (TPSA) is 93.6 Å². The van der Waals surface area contributed by atoms with Crippen LogP contribution < -0.4 is 5.32 Å². The highest BCUT2D eigenvalue weighted by Gasteiger charge is 2.09. The quantitative estimate of drug-likeness (QED) is 0.706. The molecule has 7 nitrogen and oxygen atoms in total. The van der Waals surface area contributed by atoms with Crippen LogP contribution in [0.4, 0.5) is 5.95 Å². The molecule has 0 aliphatic carbocycles. The number of aromatic carboxylic acids is 1. The van der Waals surface area contributed by atoms with Crippen LogP contribution in [0.25, 0.3) is 0 Å². The van der Waals surface area contributed by atoms with E-state index in [4.69, 9.17) is 14.6 Å². The predicted octanol–water partition coefficient (Wildman–Crippen LogP) is 0.248. The summed E-state index contributed by atoms with van der Waals surface area (Å²) in [6.45, 7) is 0.871. The molecule has 0 spiro atoms. The Morgan fingerprint density at radius 2 is 2.35 bits per heavy atom. The van der Waals surface area contributed by atoms with E-state index in [9.17, 15) is 4.79 Å². The van der Waals surface area contributed by atoms with Crippen molar-refractivity contribution >= 4 is 11.9 Å². The van der Waals surface area contributed by atoms with Crippen LogP contribution in [0.3, 0.4) is 0 Å². The Morgan fingerprint density at radius 1 is 1.59 bits per heavy atom. The number of nitrogens with one attached hydrogen (secondary N) is 1. The van der Waals surface area contributed by atoms with E-state index in [2.05, 4.69) is 15.3 Å².